The number of aromatic amines is 2. The Balaban J connectivity index is 2.20. The number of hydrogen-bond donors (Lipinski definition) is 3. The minimum Gasteiger partial charge on any atom is -0.494 e. The monoisotopic (exact) mass is 241 g/mol. The zero-order valence-corrected chi connectivity index (χ0v) is 9.77. The fraction of sp³-hybridized carbons (Fsp3) is 0.600. The summed E-state index contributed by atoms with van der Waals surface area (Å²) >= 11 is 4.77. The van der Waals surface area contributed by atoms with Gasteiger partial charge in [0.25, 0.3) is 5.56 Å². The summed E-state index contributed by atoms with van der Waals surface area (Å²) in [5, 5.41) is 9.63. The molecular weight excluding hydrogens is 226 g/mol. The van der Waals surface area contributed by atoms with Gasteiger partial charge < -0.3 is 10.1 Å². The van der Waals surface area contributed by atoms with Gasteiger partial charge in [0.05, 0.1) is 5.56 Å². The lowest BCUT2D eigenvalue weighted by Gasteiger charge is -2.26. The summed E-state index contributed by atoms with van der Waals surface area (Å²) in [6.45, 7) is 2.44. The third kappa shape index (κ3) is 2.51. The minimum absolute atomic E-state index is 0.112. The molecule has 0 unspecified atom stereocenters. The first kappa shape index (κ1) is 11.3. The van der Waals surface area contributed by atoms with Crippen molar-refractivity contribution < 1.29 is 5.11 Å². The first-order valence-corrected chi connectivity index (χ1v) is 5.84. The van der Waals surface area contributed by atoms with Crippen molar-refractivity contribution in [2.45, 2.75) is 25.8 Å². The summed E-state index contributed by atoms with van der Waals surface area (Å²) in [7, 11) is 0. The lowest BCUT2D eigenvalue weighted by atomic mass is 10.1. The molecule has 1 saturated heterocycles. The highest BCUT2D eigenvalue weighted by molar-refractivity contribution is 7.71. The molecule has 88 valence electrons. The van der Waals surface area contributed by atoms with Crippen molar-refractivity contribution in [3.8, 4) is 5.88 Å². The van der Waals surface area contributed by atoms with Crippen molar-refractivity contribution in [3.63, 3.8) is 0 Å². The van der Waals surface area contributed by atoms with Gasteiger partial charge in [0, 0.05) is 6.54 Å². The number of nitrogens with one attached hydrogen (secondary N) is 2. The lowest BCUT2D eigenvalue weighted by molar-refractivity contribution is 0.217. The van der Waals surface area contributed by atoms with Gasteiger partial charge in [0.1, 0.15) is 0 Å². The van der Waals surface area contributed by atoms with E-state index in [2.05, 4.69) is 14.9 Å². The van der Waals surface area contributed by atoms with Gasteiger partial charge in [-0.15, -0.1) is 0 Å². The normalized spacial score (nSPS) is 17.5. The van der Waals surface area contributed by atoms with E-state index in [9.17, 15) is 9.90 Å². The SMILES string of the molecule is O=c1[nH]c(=S)[nH]c(O)c1CN1CCCCC1. The molecule has 1 aliphatic heterocycles. The number of aromatic hydroxyl groups is 1. The van der Waals surface area contributed by atoms with Crippen LogP contribution in [0.15, 0.2) is 4.79 Å². The number of piperidine rings is 1. The molecule has 16 heavy (non-hydrogen) atoms. The summed E-state index contributed by atoms with van der Waals surface area (Å²) in [4.78, 5) is 18.8. The van der Waals surface area contributed by atoms with E-state index in [4.69, 9.17) is 12.2 Å². The Kier molecular flexibility index (Phi) is 3.40. The van der Waals surface area contributed by atoms with E-state index in [-0.39, 0.29) is 16.2 Å². The molecule has 0 bridgehead atoms. The molecule has 5 nitrogen and oxygen atoms in total. The van der Waals surface area contributed by atoms with Crippen LogP contribution >= 0.6 is 12.2 Å². The summed E-state index contributed by atoms with van der Waals surface area (Å²) in [5.41, 5.74) is 0.0716. The van der Waals surface area contributed by atoms with E-state index in [1.807, 2.05) is 0 Å². The summed E-state index contributed by atoms with van der Waals surface area (Å²) in [5.74, 6) is -0.112. The highest BCUT2D eigenvalue weighted by atomic mass is 32.1. The second kappa shape index (κ2) is 4.80. The second-order valence-electron chi connectivity index (χ2n) is 4.07. The third-order valence-electron chi connectivity index (χ3n) is 2.85. The average Bonchev–Trinajstić information content (AvgIpc) is 2.25. The lowest BCUT2D eigenvalue weighted by Crippen LogP contribution is -2.31. The predicted molar refractivity (Wildman–Crippen MR) is 63.0 cm³/mol. The van der Waals surface area contributed by atoms with Crippen molar-refractivity contribution in [2.24, 2.45) is 0 Å². The second-order valence-corrected chi connectivity index (χ2v) is 4.48. The van der Waals surface area contributed by atoms with E-state index in [1.54, 1.807) is 0 Å². The number of rotatable bonds is 2. The van der Waals surface area contributed by atoms with E-state index in [0.29, 0.717) is 12.1 Å². The topological polar surface area (TPSA) is 72.1 Å². The molecule has 0 saturated carbocycles. The zero-order chi connectivity index (χ0) is 11.5. The van der Waals surface area contributed by atoms with E-state index < -0.39 is 0 Å². The zero-order valence-electron chi connectivity index (χ0n) is 8.95. The maximum Gasteiger partial charge on any atom is 0.260 e. The van der Waals surface area contributed by atoms with Gasteiger partial charge in [-0.1, -0.05) is 6.42 Å². The fourth-order valence-electron chi connectivity index (χ4n) is 1.99. The number of nitrogens with zero attached hydrogens (tertiary/aromatic N) is 1. The van der Waals surface area contributed by atoms with Gasteiger partial charge in [-0.3, -0.25) is 14.7 Å². The van der Waals surface area contributed by atoms with Crippen LogP contribution in [0, 0.1) is 4.77 Å². The molecule has 1 aromatic heterocycles. The molecule has 0 aromatic carbocycles. The molecule has 0 spiro atoms. The van der Waals surface area contributed by atoms with Gasteiger partial charge in [-0.2, -0.15) is 0 Å². The number of aromatic nitrogens is 2. The summed E-state index contributed by atoms with van der Waals surface area (Å²) < 4.78 is 0.157. The van der Waals surface area contributed by atoms with Crippen LogP contribution in [0.4, 0.5) is 0 Å². The van der Waals surface area contributed by atoms with Gasteiger partial charge in [-0.05, 0) is 38.1 Å². The quantitative estimate of drug-likeness (QED) is 0.679. The number of likely N-dealkylation sites (tertiary alicyclic amines) is 1. The predicted octanol–water partition coefficient (Wildman–Crippen LogP) is 1.12. The van der Waals surface area contributed by atoms with E-state index in [1.165, 1.54) is 6.42 Å². The maximum atomic E-state index is 11.6. The highest BCUT2D eigenvalue weighted by Crippen LogP contribution is 2.15. The number of hydrogen-bond acceptors (Lipinski definition) is 4. The Morgan fingerprint density at radius 3 is 2.56 bits per heavy atom. The molecular formula is C10H15N3O2S. The first-order chi connectivity index (χ1) is 7.66. The molecule has 1 fully saturated rings. The summed E-state index contributed by atoms with van der Waals surface area (Å²) in [6.07, 6.45) is 3.55. The van der Waals surface area contributed by atoms with Crippen LogP contribution in [-0.2, 0) is 6.54 Å². The minimum atomic E-state index is -0.299. The largest absolute Gasteiger partial charge is 0.494 e. The molecule has 6 heteroatoms. The van der Waals surface area contributed by atoms with Crippen molar-refractivity contribution in [1.82, 2.24) is 14.9 Å². The van der Waals surface area contributed by atoms with Gasteiger partial charge in [-0.25, -0.2) is 0 Å². The molecule has 1 aliphatic rings. The van der Waals surface area contributed by atoms with Crippen molar-refractivity contribution in [1.29, 1.82) is 0 Å². The van der Waals surface area contributed by atoms with Crippen LogP contribution in [0.1, 0.15) is 24.8 Å². The standard InChI is InChI=1S/C10H15N3O2S/c14-8-7(9(15)12-10(16)11-8)6-13-4-2-1-3-5-13/h1-6H2,(H3,11,12,14,15,16). The Morgan fingerprint density at radius 2 is 1.94 bits per heavy atom. The van der Waals surface area contributed by atoms with Crippen LogP contribution in [0.5, 0.6) is 5.88 Å². The Labute approximate surface area is 98.1 Å². The summed E-state index contributed by atoms with van der Waals surface area (Å²) in [6, 6.07) is 0. The fourth-order valence-corrected chi connectivity index (χ4v) is 2.18. The molecule has 0 atom stereocenters. The Hall–Kier alpha value is -1.14. The van der Waals surface area contributed by atoms with Crippen molar-refractivity contribution in [3.05, 3.63) is 20.7 Å². The third-order valence-corrected chi connectivity index (χ3v) is 3.05. The van der Waals surface area contributed by atoms with Crippen LogP contribution in [0.2, 0.25) is 0 Å². The number of H-pyrrole nitrogens is 2. The van der Waals surface area contributed by atoms with Crippen molar-refractivity contribution in [2.75, 3.05) is 13.1 Å². The van der Waals surface area contributed by atoms with Gasteiger partial charge in [0.15, 0.2) is 4.77 Å². The smallest absolute Gasteiger partial charge is 0.260 e. The molecule has 0 aliphatic carbocycles. The van der Waals surface area contributed by atoms with E-state index in [0.717, 1.165) is 25.9 Å². The Morgan fingerprint density at radius 1 is 1.25 bits per heavy atom. The molecule has 1 aromatic rings. The van der Waals surface area contributed by atoms with Crippen molar-refractivity contribution >= 4 is 12.2 Å². The van der Waals surface area contributed by atoms with Gasteiger partial charge in [0.2, 0.25) is 5.88 Å². The van der Waals surface area contributed by atoms with Crippen LogP contribution in [0.25, 0.3) is 0 Å². The molecule has 3 N–H and O–H groups in total. The Bertz CT molecular complexity index is 474. The van der Waals surface area contributed by atoms with Crippen LogP contribution in [-0.4, -0.2) is 33.1 Å². The molecule has 2 rings (SSSR count). The average molecular weight is 241 g/mol. The van der Waals surface area contributed by atoms with Crippen LogP contribution in [0.3, 0.4) is 0 Å². The maximum absolute atomic E-state index is 11.6. The molecule has 2 heterocycles. The van der Waals surface area contributed by atoms with Gasteiger partial charge >= 0.3 is 0 Å². The van der Waals surface area contributed by atoms with Crippen LogP contribution < -0.4 is 5.56 Å². The molecule has 0 amide bonds. The first-order valence-electron chi connectivity index (χ1n) is 5.43. The highest BCUT2D eigenvalue weighted by Gasteiger charge is 2.15. The molecule has 0 radical (unpaired) electrons. The van der Waals surface area contributed by atoms with E-state index >= 15 is 0 Å².